The van der Waals surface area contributed by atoms with E-state index >= 15 is 0 Å². The zero-order valence-corrected chi connectivity index (χ0v) is 56.1. The number of nitrogens with zero attached hydrogens (tertiary/aromatic N) is 2. The Hall–Kier alpha value is -0.992. The van der Waals surface area contributed by atoms with Crippen LogP contribution in [0.15, 0.2) is 161 Å². The molecule has 0 radical (unpaired) electrons. The van der Waals surface area contributed by atoms with Gasteiger partial charge in [0.15, 0.2) is 50.0 Å². The summed E-state index contributed by atoms with van der Waals surface area (Å²) < 4.78 is 40.7. The average Bonchev–Trinajstić information content (AvgIpc) is 4.18. The Labute approximate surface area is 581 Å². The second-order valence-corrected chi connectivity index (χ2v) is 20.7. The van der Waals surface area contributed by atoms with Gasteiger partial charge in [-0.3, -0.25) is 24.4 Å². The van der Waals surface area contributed by atoms with E-state index in [0.717, 1.165) is 43.0 Å². The van der Waals surface area contributed by atoms with Crippen LogP contribution in [-0.2, 0) is 32.6 Å². The van der Waals surface area contributed by atoms with E-state index in [1.54, 1.807) is 66.7 Å². The van der Waals surface area contributed by atoms with Gasteiger partial charge in [0, 0.05) is 32.9 Å². The third-order valence-electron chi connectivity index (χ3n) is 9.02. The number of para-hydroxylation sites is 4. The molecule has 0 saturated heterocycles. The molecule has 0 amide bonds. The van der Waals surface area contributed by atoms with Crippen LogP contribution in [0.2, 0.25) is 0 Å². The molecule has 0 unspecified atom stereocenters. The minimum absolute atomic E-state index is 0. The molecule has 7 aromatic rings. The molecule has 2 aliphatic heterocycles. The zero-order chi connectivity index (χ0) is 55.1. The van der Waals surface area contributed by atoms with Gasteiger partial charge in [-0.25, -0.2) is 8.42 Å². The van der Waals surface area contributed by atoms with Crippen molar-refractivity contribution < 1.29 is 166 Å². The van der Waals surface area contributed by atoms with Gasteiger partial charge in [0.25, 0.3) is 6.47 Å². The molecule has 5 aromatic carbocycles. The molecule has 2 aromatic heterocycles. The van der Waals surface area contributed by atoms with Gasteiger partial charge in [0.2, 0.25) is 5.22 Å². The molecule has 0 atom stereocenters. The van der Waals surface area contributed by atoms with E-state index in [1.165, 1.54) is 12.1 Å². The van der Waals surface area contributed by atoms with Gasteiger partial charge in [0.05, 0.1) is 48.1 Å². The first-order valence-corrected chi connectivity index (χ1v) is 26.7. The smallest absolute Gasteiger partial charge is 1.00 e. The van der Waals surface area contributed by atoms with Gasteiger partial charge in [-0.1, -0.05) is 130 Å². The van der Waals surface area contributed by atoms with E-state index in [9.17, 15) is 28.1 Å². The van der Waals surface area contributed by atoms with Crippen molar-refractivity contribution in [2.24, 2.45) is 15.7 Å². The van der Waals surface area contributed by atoms with Crippen LogP contribution in [-0.4, -0.2) is 66.0 Å². The molecule has 392 valence electrons. The molecule has 0 bridgehead atoms. The van der Waals surface area contributed by atoms with E-state index < -0.39 is 17.0 Å². The number of hydrogen-bond donors (Lipinski definition) is 4. The number of ether oxygens (including phenoxy) is 1. The minimum Gasteiger partial charge on any atom is -1.00 e. The van der Waals surface area contributed by atoms with Gasteiger partial charge < -0.3 is 46.0 Å². The Balaban J connectivity index is 0.000000900. The second-order valence-electron chi connectivity index (χ2n) is 13.5. The second kappa shape index (κ2) is 37.9. The first-order valence-electron chi connectivity index (χ1n) is 19.9. The molecule has 9 rings (SSSR count). The Morgan fingerprint density at radius 3 is 1.64 bits per heavy atom. The van der Waals surface area contributed by atoms with Gasteiger partial charge in [0.1, 0.15) is 27.3 Å². The molecule has 76 heavy (non-hydrogen) atoms. The number of phenols is 1. The van der Waals surface area contributed by atoms with Crippen LogP contribution in [0.1, 0.15) is 44.8 Å². The van der Waals surface area contributed by atoms with Crippen molar-refractivity contribution >= 4 is 203 Å². The fourth-order valence-corrected chi connectivity index (χ4v) is 8.42. The van der Waals surface area contributed by atoms with Crippen molar-refractivity contribution in [2.45, 2.75) is 18.0 Å². The average molecular weight is 1450 g/mol. The fraction of sp³-hybridized carbons (Fsp3) is 0.0652. The summed E-state index contributed by atoms with van der Waals surface area (Å²) in [5.41, 5.74) is 11.6. The largest absolute Gasteiger partial charge is 1.00 e. The summed E-state index contributed by atoms with van der Waals surface area (Å²) in [6.07, 6.45) is 1.29. The standard InChI is InChI=1S/C10H7BClNO3.C10H5BrClNO.C9H5BrCl2O2.C7H5BrO2.C7H9NO2S.C2HCl3.CH2O3.2K.H/c12-10-9-6(4-13-10)5-2-1-3-7(11(14)15)8(5)16-9;11-7-3-1-2-5-6-4-13-10(12)9(6)14-8(5)7;10-7-3-1-2-6(5-13)9(7)14-8(12)4-11;8-6-3-1-2-5(4-9)7(6)10;8-6-11(9,10)7-4-2-1-3-5-7;3-1-2(4)5;2-1-4-3;;;/h1-3,14-15H,4H2;1-3H,4H2;1-5H;1-4,10H;1-5H,6,8H2;1H;1,3H;;;/q;;;;;;;2*+1;-1/p-1/b;;8-4+;;;;;;;. The predicted molar refractivity (Wildman–Crippen MR) is 300 cm³/mol. The molecule has 2 aliphatic rings. The van der Waals surface area contributed by atoms with Crippen LogP contribution in [0.3, 0.4) is 0 Å². The van der Waals surface area contributed by atoms with Crippen molar-refractivity contribution in [3.63, 3.8) is 0 Å². The SMILES string of the molecule is ClC1=NCc2c1oc1c(Br)cccc21.ClC=C(Cl)Cl.NCS(=O)(=O)c1ccccc1.O=CO[O-].O=Cc1cccc(Br)c1O.O=Cc1cccc(Br)c1O/C(Cl)=C/Cl.OB(O)c1cccc2c3c(oc12)C(Cl)=NC3.[H-].[K+].[K+]. The molecule has 5 N–H and O–H groups in total. The minimum atomic E-state index is -3.22. The van der Waals surface area contributed by atoms with Crippen LogP contribution in [0.4, 0.5) is 0 Å². The number of carbonyl (C=O) groups is 3. The Morgan fingerprint density at radius 2 is 1.18 bits per heavy atom. The maximum atomic E-state index is 11.1. The van der Waals surface area contributed by atoms with Crippen molar-refractivity contribution in [1.29, 1.82) is 0 Å². The van der Waals surface area contributed by atoms with Crippen molar-refractivity contribution in [3.05, 3.63) is 171 Å². The molecule has 4 heterocycles. The van der Waals surface area contributed by atoms with Gasteiger partial charge in [-0.2, -0.15) is 0 Å². The first-order chi connectivity index (χ1) is 35.2. The van der Waals surface area contributed by atoms with Gasteiger partial charge in [-0.05, 0) is 102 Å². The van der Waals surface area contributed by atoms with Crippen molar-refractivity contribution in [3.8, 4) is 11.5 Å². The summed E-state index contributed by atoms with van der Waals surface area (Å²) in [5.74, 6) is 1.26. The van der Waals surface area contributed by atoms with E-state index in [4.69, 9.17) is 116 Å². The van der Waals surface area contributed by atoms with Gasteiger partial charge in [-0.15, -0.1) is 0 Å². The maximum absolute atomic E-state index is 11.1. The maximum Gasteiger partial charge on any atom is 1.00 e. The number of aromatic hydroxyl groups is 1. The van der Waals surface area contributed by atoms with E-state index in [2.05, 4.69) is 62.7 Å². The van der Waals surface area contributed by atoms with Crippen LogP contribution < -0.4 is 124 Å². The van der Waals surface area contributed by atoms with E-state index in [0.29, 0.717) is 84.4 Å². The Kier molecular flexibility index (Phi) is 36.4. The van der Waals surface area contributed by atoms with E-state index in [1.807, 2.05) is 24.3 Å². The van der Waals surface area contributed by atoms with Crippen molar-refractivity contribution in [2.75, 3.05) is 5.88 Å². The molecule has 0 fully saturated rings. The fourth-order valence-electron chi connectivity index (χ4n) is 5.82. The molecule has 0 saturated carbocycles. The number of carbonyl (C=O) groups excluding carboxylic acids is 3. The number of fused-ring (bicyclic) bond motifs is 6. The summed E-state index contributed by atoms with van der Waals surface area (Å²) >= 11 is 47.3. The number of nitrogens with two attached hydrogens (primary N) is 1. The molecule has 0 spiro atoms. The summed E-state index contributed by atoms with van der Waals surface area (Å²) in [5, 5.41) is 38.7. The van der Waals surface area contributed by atoms with E-state index in [-0.39, 0.29) is 137 Å². The van der Waals surface area contributed by atoms with Crippen LogP contribution in [0, 0.1) is 0 Å². The number of halogens is 10. The molecular weight excluding hydrogens is 1410 g/mol. The number of phenolic OH excluding ortho intramolecular Hbond substituents is 1. The summed E-state index contributed by atoms with van der Waals surface area (Å²) in [6, 6.07) is 29.3. The zero-order valence-electron chi connectivity index (χ0n) is 40.0. The predicted octanol–water partition coefficient (Wildman–Crippen LogP) is 5.62. The molecule has 16 nitrogen and oxygen atoms in total. The Morgan fingerprint density at radius 1 is 0.724 bits per heavy atom. The molecule has 30 heteroatoms. The summed E-state index contributed by atoms with van der Waals surface area (Å²) in [7, 11) is -4.77. The molecule has 0 aliphatic carbocycles. The number of rotatable bonds is 8. The number of aldehydes is 2. The van der Waals surface area contributed by atoms with Crippen LogP contribution in [0.5, 0.6) is 11.5 Å². The monoisotopic (exact) mass is 1440 g/mol. The number of hydrogen-bond acceptors (Lipinski definition) is 16. The molecular formula is C46H34BBr3Cl7K2N3O13S. The Bertz CT molecular complexity index is 3310. The number of furan rings is 2. The summed E-state index contributed by atoms with van der Waals surface area (Å²) in [4.78, 5) is 40.6. The quantitative estimate of drug-likeness (QED) is 0.0473. The third-order valence-corrected chi connectivity index (χ3v) is 14.1. The third kappa shape index (κ3) is 22.1. The normalized spacial score (nSPS) is 11.3. The topological polar surface area (TPSA) is 265 Å². The summed E-state index contributed by atoms with van der Waals surface area (Å²) in [6.45, 7) is 0.920. The van der Waals surface area contributed by atoms with Crippen LogP contribution >= 0.6 is 129 Å². The number of sulfone groups is 1. The first kappa shape index (κ1) is 73.0. The number of benzene rings is 5. The van der Waals surface area contributed by atoms with Crippen molar-refractivity contribution in [1.82, 2.24) is 0 Å². The van der Waals surface area contributed by atoms with Crippen LogP contribution in [0.25, 0.3) is 21.9 Å². The van der Waals surface area contributed by atoms with Gasteiger partial charge >= 0.3 is 110 Å². The number of aliphatic imine (C=N–C) groups is 2.